The number of morpholine rings is 1. The third-order valence-corrected chi connectivity index (χ3v) is 5.21. The van der Waals surface area contributed by atoms with E-state index in [1.165, 1.54) is 12.1 Å². The van der Waals surface area contributed by atoms with Crippen molar-refractivity contribution in [3.63, 3.8) is 0 Å². The number of nitrogens with zero attached hydrogens (tertiary/aromatic N) is 1. The monoisotopic (exact) mass is 379 g/mol. The van der Waals surface area contributed by atoms with Gasteiger partial charge in [0.2, 0.25) is 0 Å². The van der Waals surface area contributed by atoms with Gasteiger partial charge in [0.1, 0.15) is 5.82 Å². The van der Waals surface area contributed by atoms with Crippen LogP contribution in [-0.2, 0) is 10.3 Å². The highest BCUT2D eigenvalue weighted by Crippen LogP contribution is 2.40. The van der Waals surface area contributed by atoms with Crippen molar-refractivity contribution in [1.82, 2.24) is 4.90 Å². The number of halogens is 2. The molecule has 2 aromatic rings. The summed E-state index contributed by atoms with van der Waals surface area (Å²) in [6, 6.07) is 16.4. The third kappa shape index (κ3) is 4.63. The molecule has 2 atom stereocenters. The van der Waals surface area contributed by atoms with E-state index in [0.29, 0.717) is 6.42 Å². The maximum atomic E-state index is 13.4. The van der Waals surface area contributed by atoms with Gasteiger partial charge in [-0.3, -0.25) is 4.90 Å². The van der Waals surface area contributed by atoms with E-state index < -0.39 is 5.60 Å². The first-order valence-electron chi connectivity index (χ1n) is 8.97. The maximum Gasteiger partial charge on any atom is 0.123 e. The van der Waals surface area contributed by atoms with E-state index in [9.17, 15) is 9.50 Å². The van der Waals surface area contributed by atoms with Crippen LogP contribution in [0.3, 0.4) is 0 Å². The topological polar surface area (TPSA) is 32.7 Å². The summed E-state index contributed by atoms with van der Waals surface area (Å²) in [5.74, 6) is -0.381. The van der Waals surface area contributed by atoms with Crippen LogP contribution >= 0.6 is 12.4 Å². The van der Waals surface area contributed by atoms with Crippen molar-refractivity contribution >= 4 is 12.4 Å². The summed E-state index contributed by atoms with van der Waals surface area (Å²) in [6.45, 7) is 5.91. The molecule has 0 radical (unpaired) electrons. The second-order valence-electron chi connectivity index (χ2n) is 6.66. The van der Waals surface area contributed by atoms with Gasteiger partial charge in [-0.05, 0) is 29.7 Å². The Morgan fingerprint density at radius 2 is 1.69 bits per heavy atom. The molecular weight excluding hydrogens is 353 g/mol. The highest BCUT2D eigenvalue weighted by atomic mass is 35.5. The molecule has 1 fully saturated rings. The molecule has 0 aromatic heterocycles. The smallest absolute Gasteiger partial charge is 0.123 e. The Balaban J connectivity index is 0.00000243. The van der Waals surface area contributed by atoms with Gasteiger partial charge in [0.25, 0.3) is 0 Å². The van der Waals surface area contributed by atoms with Crippen LogP contribution in [0.1, 0.15) is 30.4 Å². The molecule has 0 aliphatic carbocycles. The molecule has 2 unspecified atom stereocenters. The summed E-state index contributed by atoms with van der Waals surface area (Å²) in [5, 5.41) is 11.6. The van der Waals surface area contributed by atoms with E-state index >= 15 is 0 Å². The fraction of sp³-hybridized carbons (Fsp3) is 0.429. The van der Waals surface area contributed by atoms with Crippen molar-refractivity contribution in [1.29, 1.82) is 0 Å². The maximum absolute atomic E-state index is 13.4. The van der Waals surface area contributed by atoms with Gasteiger partial charge in [0.15, 0.2) is 0 Å². The van der Waals surface area contributed by atoms with Gasteiger partial charge in [-0.25, -0.2) is 4.39 Å². The van der Waals surface area contributed by atoms with Gasteiger partial charge < -0.3 is 9.84 Å². The zero-order valence-corrected chi connectivity index (χ0v) is 15.9. The summed E-state index contributed by atoms with van der Waals surface area (Å²) >= 11 is 0. The number of ether oxygens (including phenoxy) is 1. The van der Waals surface area contributed by atoms with Gasteiger partial charge in [0.05, 0.1) is 18.8 Å². The fourth-order valence-corrected chi connectivity index (χ4v) is 3.65. The molecule has 1 aliphatic rings. The second-order valence-corrected chi connectivity index (χ2v) is 6.66. The molecule has 5 heteroatoms. The van der Waals surface area contributed by atoms with E-state index in [1.807, 2.05) is 25.1 Å². The first-order chi connectivity index (χ1) is 12.1. The lowest BCUT2D eigenvalue weighted by Gasteiger charge is -2.40. The molecule has 142 valence electrons. The zero-order valence-electron chi connectivity index (χ0n) is 15.1. The zero-order chi connectivity index (χ0) is 17.7. The number of hydrogen-bond acceptors (Lipinski definition) is 3. The SMILES string of the molecule is CCC(O)(c1ccc(F)cc1)C(CN1CCOCC1)c1ccccc1.Cl. The van der Waals surface area contributed by atoms with Crippen molar-refractivity contribution in [2.24, 2.45) is 0 Å². The van der Waals surface area contributed by atoms with Crippen LogP contribution in [0.25, 0.3) is 0 Å². The average molecular weight is 380 g/mol. The Hall–Kier alpha value is -1.46. The van der Waals surface area contributed by atoms with Crippen molar-refractivity contribution in [2.75, 3.05) is 32.8 Å². The lowest BCUT2D eigenvalue weighted by atomic mass is 9.75. The minimum atomic E-state index is -1.05. The lowest BCUT2D eigenvalue weighted by molar-refractivity contribution is -0.0250. The van der Waals surface area contributed by atoms with Gasteiger partial charge in [0, 0.05) is 25.6 Å². The number of benzene rings is 2. The third-order valence-electron chi connectivity index (χ3n) is 5.21. The highest BCUT2D eigenvalue weighted by molar-refractivity contribution is 5.85. The Morgan fingerprint density at radius 3 is 2.27 bits per heavy atom. The molecular formula is C21H27ClFNO2. The quantitative estimate of drug-likeness (QED) is 0.824. The predicted octanol–water partition coefficient (Wildman–Crippen LogP) is 3.96. The molecule has 1 saturated heterocycles. The Morgan fingerprint density at radius 1 is 1.08 bits per heavy atom. The van der Waals surface area contributed by atoms with E-state index in [2.05, 4.69) is 17.0 Å². The van der Waals surface area contributed by atoms with E-state index in [-0.39, 0.29) is 24.1 Å². The molecule has 3 rings (SSSR count). The first-order valence-corrected chi connectivity index (χ1v) is 8.97. The van der Waals surface area contributed by atoms with Gasteiger partial charge in [-0.15, -0.1) is 12.4 Å². The number of aliphatic hydroxyl groups is 1. The molecule has 0 spiro atoms. The molecule has 0 amide bonds. The van der Waals surface area contributed by atoms with Crippen LogP contribution in [-0.4, -0.2) is 42.9 Å². The van der Waals surface area contributed by atoms with Gasteiger partial charge in [-0.2, -0.15) is 0 Å². The van der Waals surface area contributed by atoms with E-state index in [4.69, 9.17) is 4.74 Å². The summed E-state index contributed by atoms with van der Waals surface area (Å²) < 4.78 is 18.8. The molecule has 2 aromatic carbocycles. The number of rotatable bonds is 6. The van der Waals surface area contributed by atoms with Crippen LogP contribution < -0.4 is 0 Å². The average Bonchev–Trinajstić information content (AvgIpc) is 2.67. The minimum Gasteiger partial charge on any atom is -0.384 e. The molecule has 1 N–H and O–H groups in total. The van der Waals surface area contributed by atoms with Crippen LogP contribution in [0, 0.1) is 5.82 Å². The van der Waals surface area contributed by atoms with E-state index in [0.717, 1.165) is 44.0 Å². The van der Waals surface area contributed by atoms with Gasteiger partial charge >= 0.3 is 0 Å². The fourth-order valence-electron chi connectivity index (χ4n) is 3.65. The Bertz CT molecular complexity index is 661. The Labute approximate surface area is 161 Å². The minimum absolute atomic E-state index is 0. The van der Waals surface area contributed by atoms with E-state index in [1.54, 1.807) is 12.1 Å². The summed E-state index contributed by atoms with van der Waals surface area (Å²) in [6.07, 6.45) is 0.558. The second kappa shape index (κ2) is 9.47. The van der Waals surface area contributed by atoms with Crippen LogP contribution in [0.15, 0.2) is 54.6 Å². The molecule has 0 bridgehead atoms. The molecule has 1 heterocycles. The molecule has 26 heavy (non-hydrogen) atoms. The molecule has 3 nitrogen and oxygen atoms in total. The number of hydrogen-bond donors (Lipinski definition) is 1. The van der Waals surface area contributed by atoms with Crippen molar-refractivity contribution in [2.45, 2.75) is 24.9 Å². The van der Waals surface area contributed by atoms with Crippen molar-refractivity contribution < 1.29 is 14.2 Å². The Kier molecular flexibility index (Phi) is 7.59. The van der Waals surface area contributed by atoms with Gasteiger partial charge in [-0.1, -0.05) is 49.4 Å². The summed E-state index contributed by atoms with van der Waals surface area (Å²) in [5.41, 5.74) is 0.814. The molecule has 0 saturated carbocycles. The summed E-state index contributed by atoms with van der Waals surface area (Å²) in [4.78, 5) is 2.34. The van der Waals surface area contributed by atoms with Crippen LogP contribution in [0.2, 0.25) is 0 Å². The standard InChI is InChI=1S/C21H26FNO2.ClH/c1-2-21(24,18-8-10-19(22)11-9-18)20(17-6-4-3-5-7-17)16-23-12-14-25-15-13-23;/h3-11,20,24H,2,12-16H2,1H3;1H. The largest absolute Gasteiger partial charge is 0.384 e. The first kappa shape index (κ1) is 20.8. The predicted molar refractivity (Wildman–Crippen MR) is 104 cm³/mol. The summed E-state index contributed by atoms with van der Waals surface area (Å²) in [7, 11) is 0. The van der Waals surface area contributed by atoms with Crippen molar-refractivity contribution in [3.8, 4) is 0 Å². The van der Waals surface area contributed by atoms with Crippen molar-refractivity contribution in [3.05, 3.63) is 71.5 Å². The highest BCUT2D eigenvalue weighted by Gasteiger charge is 2.39. The van der Waals surface area contributed by atoms with Crippen LogP contribution in [0.5, 0.6) is 0 Å². The lowest BCUT2D eigenvalue weighted by Crippen LogP contribution is -2.44. The molecule has 1 aliphatic heterocycles. The normalized spacial score (nSPS) is 18.6. The van der Waals surface area contributed by atoms with Crippen LogP contribution in [0.4, 0.5) is 4.39 Å².